The Morgan fingerprint density at radius 3 is 2.21 bits per heavy atom. The molecule has 196 valence electrons. The second kappa shape index (κ2) is 9.43. The molecule has 0 aromatic carbocycles. The van der Waals surface area contributed by atoms with Crippen molar-refractivity contribution < 1.29 is 25.2 Å². The van der Waals surface area contributed by atoms with Crippen molar-refractivity contribution in [1.29, 1.82) is 0 Å². The van der Waals surface area contributed by atoms with E-state index in [-0.39, 0.29) is 34.4 Å². The minimum Gasteiger partial charge on any atom is -0.390 e. The van der Waals surface area contributed by atoms with Crippen molar-refractivity contribution in [2.24, 2.45) is 58.2 Å². The number of aliphatic hydroxyl groups excluding tert-OH is 4. The average Bonchev–Trinajstić information content (AvgIpc) is 3.12. The molecule has 4 N–H and O–H groups in total. The van der Waals surface area contributed by atoms with Gasteiger partial charge >= 0.3 is 0 Å². The van der Waals surface area contributed by atoms with Crippen LogP contribution in [0, 0.1) is 58.2 Å². The van der Waals surface area contributed by atoms with E-state index >= 15 is 0 Å². The fraction of sp³-hybridized carbons (Fsp3) is 0.966. The van der Waals surface area contributed by atoms with Crippen molar-refractivity contribution in [1.82, 2.24) is 0 Å². The highest BCUT2D eigenvalue weighted by atomic mass is 16.3. The molecule has 0 bridgehead atoms. The molecule has 0 saturated heterocycles. The summed E-state index contributed by atoms with van der Waals surface area (Å²) in [5.74, 6) is 2.12. The highest BCUT2D eigenvalue weighted by molar-refractivity contribution is 5.83. The normalized spacial score (nSPS) is 48.0. The maximum atomic E-state index is 13.4. The fourth-order valence-corrected chi connectivity index (χ4v) is 9.89. The molecule has 5 heteroatoms. The van der Waals surface area contributed by atoms with E-state index < -0.39 is 24.4 Å². The van der Waals surface area contributed by atoms with Crippen LogP contribution in [0.4, 0.5) is 0 Å². The lowest BCUT2D eigenvalue weighted by molar-refractivity contribution is -0.175. The summed E-state index contributed by atoms with van der Waals surface area (Å²) < 4.78 is 0. The first-order valence-corrected chi connectivity index (χ1v) is 14.1. The van der Waals surface area contributed by atoms with Crippen LogP contribution >= 0.6 is 0 Å². The zero-order valence-corrected chi connectivity index (χ0v) is 22.3. The molecule has 0 aromatic heterocycles. The van der Waals surface area contributed by atoms with E-state index in [9.17, 15) is 25.2 Å². The Balaban J connectivity index is 1.55. The molecule has 4 aliphatic rings. The summed E-state index contributed by atoms with van der Waals surface area (Å²) >= 11 is 0. The zero-order chi connectivity index (χ0) is 25.2. The zero-order valence-electron chi connectivity index (χ0n) is 22.3. The van der Waals surface area contributed by atoms with Crippen LogP contribution < -0.4 is 0 Å². The number of fused-ring (bicyclic) bond motifs is 5. The number of Topliss-reactive ketones (excluding diaryl/α,β-unsaturated/α-hetero) is 1. The van der Waals surface area contributed by atoms with Crippen molar-refractivity contribution in [2.45, 2.75) is 117 Å². The fourth-order valence-electron chi connectivity index (χ4n) is 9.89. The standard InChI is InChI=1S/C29H50O5/c1-7-17(15(2)3)27(34)26(33)16(4)19-8-9-20-18-12-23(30)22-13-24(31)25(32)14-29(22,6)21(18)10-11-28(19,20)5/h15-22,24-27,31-34H,7-14H2,1-6H3/t16-,17-,18-,19+,20-,21-,22-,24+,25-,26-,27-,28+,29+/m0/s1. The van der Waals surface area contributed by atoms with Gasteiger partial charge in [-0.25, -0.2) is 0 Å². The van der Waals surface area contributed by atoms with Gasteiger partial charge in [-0.2, -0.15) is 0 Å². The van der Waals surface area contributed by atoms with E-state index in [0.717, 1.165) is 32.1 Å². The van der Waals surface area contributed by atoms with Crippen LogP contribution in [-0.4, -0.2) is 50.6 Å². The van der Waals surface area contributed by atoms with Crippen LogP contribution in [-0.2, 0) is 4.79 Å². The number of carbonyl (C=O) groups is 1. The predicted molar refractivity (Wildman–Crippen MR) is 133 cm³/mol. The lowest BCUT2D eigenvalue weighted by atomic mass is 9.44. The highest BCUT2D eigenvalue weighted by Crippen LogP contribution is 2.67. The summed E-state index contributed by atoms with van der Waals surface area (Å²) in [6.07, 6.45) is 3.69. The maximum absolute atomic E-state index is 13.4. The number of hydrogen-bond acceptors (Lipinski definition) is 5. The van der Waals surface area contributed by atoms with Crippen LogP contribution in [0.15, 0.2) is 0 Å². The molecule has 0 aromatic rings. The second-order valence-corrected chi connectivity index (χ2v) is 13.6. The summed E-state index contributed by atoms with van der Waals surface area (Å²) in [6.45, 7) is 13.1. The number of carbonyl (C=O) groups excluding carboxylic acids is 1. The minimum absolute atomic E-state index is 0.0172. The van der Waals surface area contributed by atoms with Crippen LogP contribution in [0.2, 0.25) is 0 Å². The van der Waals surface area contributed by atoms with Gasteiger partial charge in [0, 0.05) is 12.3 Å². The molecule has 34 heavy (non-hydrogen) atoms. The van der Waals surface area contributed by atoms with Gasteiger partial charge in [-0.05, 0) is 90.8 Å². The Labute approximate surface area is 206 Å². The minimum atomic E-state index is -0.783. The molecule has 0 spiro atoms. The molecule has 0 amide bonds. The van der Waals surface area contributed by atoms with Crippen LogP contribution in [0.3, 0.4) is 0 Å². The summed E-state index contributed by atoms with van der Waals surface area (Å²) in [6, 6.07) is 0. The molecule has 13 atom stereocenters. The number of rotatable bonds is 6. The quantitative estimate of drug-likeness (QED) is 0.459. The van der Waals surface area contributed by atoms with Gasteiger partial charge < -0.3 is 20.4 Å². The van der Waals surface area contributed by atoms with E-state index in [0.29, 0.717) is 48.9 Å². The topological polar surface area (TPSA) is 98.0 Å². The van der Waals surface area contributed by atoms with Crippen molar-refractivity contribution in [2.75, 3.05) is 0 Å². The third-order valence-corrected chi connectivity index (χ3v) is 11.8. The molecule has 5 nitrogen and oxygen atoms in total. The van der Waals surface area contributed by atoms with E-state index in [1.165, 1.54) is 0 Å². The number of hydrogen-bond donors (Lipinski definition) is 4. The first-order valence-electron chi connectivity index (χ1n) is 14.1. The van der Waals surface area contributed by atoms with Crippen molar-refractivity contribution in [3.8, 4) is 0 Å². The lowest BCUT2D eigenvalue weighted by Gasteiger charge is -2.61. The lowest BCUT2D eigenvalue weighted by Crippen LogP contribution is -2.59. The van der Waals surface area contributed by atoms with Gasteiger partial charge in [0.05, 0.1) is 24.4 Å². The Morgan fingerprint density at radius 2 is 1.59 bits per heavy atom. The molecule has 4 saturated carbocycles. The van der Waals surface area contributed by atoms with E-state index in [2.05, 4.69) is 41.5 Å². The molecule has 4 fully saturated rings. The number of aliphatic hydroxyl groups is 4. The molecular weight excluding hydrogens is 428 g/mol. The van der Waals surface area contributed by atoms with Crippen molar-refractivity contribution in [3.63, 3.8) is 0 Å². The summed E-state index contributed by atoms with van der Waals surface area (Å²) in [7, 11) is 0. The molecule has 4 rings (SSSR count). The van der Waals surface area contributed by atoms with Gasteiger partial charge in [-0.3, -0.25) is 4.79 Å². The smallest absolute Gasteiger partial charge is 0.136 e. The van der Waals surface area contributed by atoms with Crippen molar-refractivity contribution >= 4 is 5.78 Å². The molecule has 0 aliphatic heterocycles. The number of ketones is 1. The largest absolute Gasteiger partial charge is 0.390 e. The molecule has 4 aliphatic carbocycles. The molecular formula is C29H50O5. The van der Waals surface area contributed by atoms with Gasteiger partial charge in [-0.15, -0.1) is 0 Å². The Morgan fingerprint density at radius 1 is 0.941 bits per heavy atom. The molecule has 0 unspecified atom stereocenters. The molecule has 0 radical (unpaired) electrons. The summed E-state index contributed by atoms with van der Waals surface area (Å²) in [4.78, 5) is 13.4. The average molecular weight is 479 g/mol. The van der Waals surface area contributed by atoms with E-state index in [1.54, 1.807) is 0 Å². The first kappa shape index (κ1) is 26.6. The van der Waals surface area contributed by atoms with Gasteiger partial charge in [0.25, 0.3) is 0 Å². The van der Waals surface area contributed by atoms with Gasteiger partial charge in [-0.1, -0.05) is 48.0 Å². The van der Waals surface area contributed by atoms with E-state index in [1.807, 2.05) is 0 Å². The summed E-state index contributed by atoms with van der Waals surface area (Å²) in [5, 5.41) is 43.1. The highest BCUT2D eigenvalue weighted by Gasteiger charge is 2.63. The third kappa shape index (κ3) is 4.01. The van der Waals surface area contributed by atoms with E-state index in [4.69, 9.17) is 0 Å². The Hall–Kier alpha value is -0.490. The van der Waals surface area contributed by atoms with Gasteiger partial charge in [0.2, 0.25) is 0 Å². The third-order valence-electron chi connectivity index (χ3n) is 11.8. The summed E-state index contributed by atoms with van der Waals surface area (Å²) in [5.41, 5.74) is -0.165. The molecule has 0 heterocycles. The van der Waals surface area contributed by atoms with Crippen LogP contribution in [0.5, 0.6) is 0 Å². The maximum Gasteiger partial charge on any atom is 0.136 e. The van der Waals surface area contributed by atoms with Crippen LogP contribution in [0.25, 0.3) is 0 Å². The monoisotopic (exact) mass is 478 g/mol. The first-order chi connectivity index (χ1) is 15.9. The Bertz CT molecular complexity index is 753. The Kier molecular flexibility index (Phi) is 7.37. The SMILES string of the molecule is CC[C@@H](C(C)C)[C@H](O)[C@@H](O)[C@@H](C)[C@H]1CC[C@H]2[C@@H]3CC(=O)[C@@H]4C[C@@H](O)[C@@H](O)C[C@]4(C)[C@H]3CC[C@]12C. The van der Waals surface area contributed by atoms with Gasteiger partial charge in [0.15, 0.2) is 0 Å². The van der Waals surface area contributed by atoms with Crippen LogP contribution in [0.1, 0.15) is 92.9 Å². The predicted octanol–water partition coefficient (Wildman–Crippen LogP) is 4.20. The van der Waals surface area contributed by atoms with Crippen molar-refractivity contribution in [3.05, 3.63) is 0 Å². The van der Waals surface area contributed by atoms with Gasteiger partial charge in [0.1, 0.15) is 5.78 Å². The second-order valence-electron chi connectivity index (χ2n) is 13.6.